The van der Waals surface area contributed by atoms with Gasteiger partial charge in [0.15, 0.2) is 0 Å². The van der Waals surface area contributed by atoms with E-state index in [2.05, 4.69) is 24.4 Å². The van der Waals surface area contributed by atoms with Gasteiger partial charge < -0.3 is 16.8 Å². The Morgan fingerprint density at radius 1 is 1.20 bits per heavy atom. The predicted molar refractivity (Wildman–Crippen MR) is 82.6 cm³/mol. The number of nitrogens with one attached hydrogen (secondary N) is 1. The van der Waals surface area contributed by atoms with Crippen molar-refractivity contribution in [2.75, 3.05) is 11.1 Å². The van der Waals surface area contributed by atoms with Gasteiger partial charge in [0.1, 0.15) is 0 Å². The van der Waals surface area contributed by atoms with Gasteiger partial charge in [-0.05, 0) is 37.1 Å². The van der Waals surface area contributed by atoms with Crippen molar-refractivity contribution in [2.45, 2.75) is 19.4 Å². The molecule has 2 aromatic carbocycles. The smallest absolute Gasteiger partial charge is 0.250 e. The number of primary amides is 1. The summed E-state index contributed by atoms with van der Waals surface area (Å²) in [5.41, 5.74) is 14.0. The third-order valence-electron chi connectivity index (χ3n) is 3.10. The standard InChI is InChI=1S/C16H19N3O/c1-11(9-12-5-3-2-4-6-12)19-15-8-7-13(17)10-14(15)16(18)20/h2-8,10-11,19H,9,17H2,1H3,(H2,18,20). The average molecular weight is 269 g/mol. The van der Waals surface area contributed by atoms with Crippen molar-refractivity contribution >= 4 is 17.3 Å². The second-order valence-electron chi connectivity index (χ2n) is 4.90. The monoisotopic (exact) mass is 269 g/mol. The molecule has 1 atom stereocenters. The molecule has 104 valence electrons. The van der Waals surface area contributed by atoms with Crippen molar-refractivity contribution in [1.82, 2.24) is 0 Å². The molecular formula is C16H19N3O. The molecule has 1 unspecified atom stereocenters. The minimum absolute atomic E-state index is 0.180. The van der Waals surface area contributed by atoms with Gasteiger partial charge in [-0.1, -0.05) is 30.3 Å². The molecule has 0 bridgehead atoms. The van der Waals surface area contributed by atoms with E-state index >= 15 is 0 Å². The minimum atomic E-state index is -0.480. The van der Waals surface area contributed by atoms with Gasteiger partial charge in [0.05, 0.1) is 5.56 Å². The third-order valence-corrected chi connectivity index (χ3v) is 3.10. The summed E-state index contributed by atoms with van der Waals surface area (Å²) >= 11 is 0. The van der Waals surface area contributed by atoms with E-state index in [1.807, 2.05) is 18.2 Å². The van der Waals surface area contributed by atoms with E-state index in [9.17, 15) is 4.79 Å². The lowest BCUT2D eigenvalue weighted by Gasteiger charge is -2.17. The van der Waals surface area contributed by atoms with E-state index in [1.54, 1.807) is 18.2 Å². The highest BCUT2D eigenvalue weighted by atomic mass is 16.1. The molecule has 0 aliphatic rings. The van der Waals surface area contributed by atoms with Crippen LogP contribution in [0.3, 0.4) is 0 Å². The molecule has 0 saturated carbocycles. The molecule has 4 nitrogen and oxygen atoms in total. The fourth-order valence-corrected chi connectivity index (χ4v) is 2.18. The number of rotatable bonds is 5. The first-order valence-electron chi connectivity index (χ1n) is 6.56. The van der Waals surface area contributed by atoms with Crippen LogP contribution in [-0.2, 0) is 6.42 Å². The maximum atomic E-state index is 11.4. The Kier molecular flexibility index (Phi) is 4.25. The molecule has 0 radical (unpaired) electrons. The summed E-state index contributed by atoms with van der Waals surface area (Å²) in [6, 6.07) is 15.5. The Morgan fingerprint density at radius 3 is 2.55 bits per heavy atom. The highest BCUT2D eigenvalue weighted by Crippen LogP contribution is 2.20. The van der Waals surface area contributed by atoms with E-state index in [0.717, 1.165) is 12.1 Å². The van der Waals surface area contributed by atoms with Gasteiger partial charge in [0.25, 0.3) is 5.91 Å². The molecule has 1 amide bonds. The molecular weight excluding hydrogens is 250 g/mol. The summed E-state index contributed by atoms with van der Waals surface area (Å²) in [6.07, 6.45) is 0.865. The number of anilines is 2. The summed E-state index contributed by atoms with van der Waals surface area (Å²) < 4.78 is 0. The number of benzene rings is 2. The van der Waals surface area contributed by atoms with Crippen molar-refractivity contribution < 1.29 is 4.79 Å². The van der Waals surface area contributed by atoms with Gasteiger partial charge in [-0.2, -0.15) is 0 Å². The summed E-state index contributed by atoms with van der Waals surface area (Å²) in [5, 5.41) is 3.31. The highest BCUT2D eigenvalue weighted by Gasteiger charge is 2.11. The van der Waals surface area contributed by atoms with Crippen LogP contribution < -0.4 is 16.8 Å². The van der Waals surface area contributed by atoms with Crippen LogP contribution in [0.5, 0.6) is 0 Å². The van der Waals surface area contributed by atoms with Crippen molar-refractivity contribution in [3.63, 3.8) is 0 Å². The lowest BCUT2D eigenvalue weighted by atomic mass is 10.1. The van der Waals surface area contributed by atoms with Crippen molar-refractivity contribution in [3.8, 4) is 0 Å². The van der Waals surface area contributed by atoms with Crippen LogP contribution in [0.25, 0.3) is 0 Å². The molecule has 0 spiro atoms. The fourth-order valence-electron chi connectivity index (χ4n) is 2.18. The number of hydrogen-bond acceptors (Lipinski definition) is 3. The number of amides is 1. The second kappa shape index (κ2) is 6.10. The maximum absolute atomic E-state index is 11.4. The van der Waals surface area contributed by atoms with Gasteiger partial charge in [0.2, 0.25) is 0 Å². The van der Waals surface area contributed by atoms with Crippen LogP contribution in [-0.4, -0.2) is 11.9 Å². The number of carbonyl (C=O) groups excluding carboxylic acids is 1. The summed E-state index contributed by atoms with van der Waals surface area (Å²) in [5.74, 6) is -0.480. The zero-order valence-electron chi connectivity index (χ0n) is 11.5. The molecule has 5 N–H and O–H groups in total. The second-order valence-corrected chi connectivity index (χ2v) is 4.90. The van der Waals surface area contributed by atoms with Crippen molar-refractivity contribution in [1.29, 1.82) is 0 Å². The zero-order chi connectivity index (χ0) is 14.5. The lowest BCUT2D eigenvalue weighted by molar-refractivity contribution is 0.100. The normalized spacial score (nSPS) is 11.8. The van der Waals surface area contributed by atoms with Gasteiger partial charge >= 0.3 is 0 Å². The summed E-state index contributed by atoms with van der Waals surface area (Å²) in [7, 11) is 0. The van der Waals surface area contributed by atoms with E-state index in [-0.39, 0.29) is 6.04 Å². The molecule has 0 saturated heterocycles. The van der Waals surface area contributed by atoms with Crippen LogP contribution in [0, 0.1) is 0 Å². The molecule has 0 aromatic heterocycles. The Hall–Kier alpha value is -2.49. The van der Waals surface area contributed by atoms with Crippen LogP contribution >= 0.6 is 0 Å². The Balaban J connectivity index is 2.11. The summed E-state index contributed by atoms with van der Waals surface area (Å²) in [6.45, 7) is 2.06. The number of carbonyl (C=O) groups is 1. The first-order valence-corrected chi connectivity index (χ1v) is 6.56. The SMILES string of the molecule is CC(Cc1ccccc1)Nc1ccc(N)cc1C(N)=O. The van der Waals surface area contributed by atoms with Crippen LogP contribution in [0.15, 0.2) is 48.5 Å². The van der Waals surface area contributed by atoms with Crippen molar-refractivity contribution in [2.24, 2.45) is 5.73 Å². The molecule has 20 heavy (non-hydrogen) atoms. The predicted octanol–water partition coefficient (Wildman–Crippen LogP) is 2.41. The number of nitrogens with two attached hydrogens (primary N) is 2. The Bertz CT molecular complexity index is 596. The molecule has 0 aliphatic carbocycles. The van der Waals surface area contributed by atoms with E-state index < -0.39 is 5.91 Å². The van der Waals surface area contributed by atoms with Crippen LogP contribution in [0.2, 0.25) is 0 Å². The van der Waals surface area contributed by atoms with E-state index in [1.165, 1.54) is 5.56 Å². The molecule has 4 heteroatoms. The number of hydrogen-bond donors (Lipinski definition) is 3. The molecule has 0 aliphatic heterocycles. The first-order chi connectivity index (χ1) is 9.56. The van der Waals surface area contributed by atoms with Gasteiger partial charge in [-0.25, -0.2) is 0 Å². The minimum Gasteiger partial charge on any atom is -0.399 e. The van der Waals surface area contributed by atoms with Crippen molar-refractivity contribution in [3.05, 3.63) is 59.7 Å². The van der Waals surface area contributed by atoms with Gasteiger partial charge in [-0.15, -0.1) is 0 Å². The molecule has 0 fully saturated rings. The van der Waals surface area contributed by atoms with Gasteiger partial charge in [-0.3, -0.25) is 4.79 Å². The van der Waals surface area contributed by atoms with Crippen LogP contribution in [0.1, 0.15) is 22.8 Å². The third kappa shape index (κ3) is 3.51. The first kappa shape index (κ1) is 13.9. The Labute approximate surface area is 118 Å². The average Bonchev–Trinajstić information content (AvgIpc) is 2.41. The fraction of sp³-hybridized carbons (Fsp3) is 0.188. The largest absolute Gasteiger partial charge is 0.399 e. The maximum Gasteiger partial charge on any atom is 0.250 e. The molecule has 2 aromatic rings. The van der Waals surface area contributed by atoms with E-state index in [0.29, 0.717) is 11.3 Å². The quantitative estimate of drug-likeness (QED) is 0.729. The lowest BCUT2D eigenvalue weighted by Crippen LogP contribution is -2.21. The highest BCUT2D eigenvalue weighted by molar-refractivity contribution is 5.99. The number of nitrogen functional groups attached to an aromatic ring is 1. The topological polar surface area (TPSA) is 81.1 Å². The zero-order valence-corrected chi connectivity index (χ0v) is 11.5. The molecule has 2 rings (SSSR count). The van der Waals surface area contributed by atoms with E-state index in [4.69, 9.17) is 11.5 Å². The summed E-state index contributed by atoms with van der Waals surface area (Å²) in [4.78, 5) is 11.4. The molecule has 0 heterocycles. The van der Waals surface area contributed by atoms with Crippen LogP contribution in [0.4, 0.5) is 11.4 Å². The Morgan fingerprint density at radius 2 is 1.90 bits per heavy atom. The van der Waals surface area contributed by atoms with Gasteiger partial charge in [0, 0.05) is 17.4 Å².